The standard InChI is InChI=1S/C15H8ClF3INO3/c1-24-15(23)7-2-6(5-22)12(18)13(19)14(7)21-11-3-8(16)10(20)4-9(11)17/h2-5,21H,1H3. The molecule has 0 atom stereocenters. The van der Waals surface area contributed by atoms with E-state index >= 15 is 0 Å². The highest BCUT2D eigenvalue weighted by atomic mass is 127. The average Bonchev–Trinajstić information content (AvgIpc) is 2.56. The summed E-state index contributed by atoms with van der Waals surface area (Å²) in [5.41, 5.74) is -2.07. The van der Waals surface area contributed by atoms with Gasteiger partial charge in [0, 0.05) is 3.57 Å². The fourth-order valence-electron chi connectivity index (χ4n) is 1.88. The normalized spacial score (nSPS) is 10.4. The summed E-state index contributed by atoms with van der Waals surface area (Å²) in [5.74, 6) is -4.82. The number of hydrogen-bond donors (Lipinski definition) is 1. The number of anilines is 2. The summed E-state index contributed by atoms with van der Waals surface area (Å²) in [6, 6.07) is 3.05. The molecule has 0 bridgehead atoms. The summed E-state index contributed by atoms with van der Waals surface area (Å²) in [7, 11) is 1.02. The third-order valence-corrected chi connectivity index (χ3v) is 4.56. The van der Waals surface area contributed by atoms with Crippen LogP contribution >= 0.6 is 34.2 Å². The first kappa shape index (κ1) is 18.5. The number of methoxy groups -OCH3 is 1. The van der Waals surface area contributed by atoms with Crippen LogP contribution in [-0.2, 0) is 4.74 Å². The van der Waals surface area contributed by atoms with Gasteiger partial charge in [0.25, 0.3) is 0 Å². The zero-order chi connectivity index (χ0) is 18.0. The highest BCUT2D eigenvalue weighted by Gasteiger charge is 2.24. The number of halogens is 5. The van der Waals surface area contributed by atoms with E-state index < -0.39 is 40.2 Å². The number of aldehydes is 1. The lowest BCUT2D eigenvalue weighted by Gasteiger charge is -2.14. The Kier molecular flexibility index (Phi) is 5.70. The topological polar surface area (TPSA) is 55.4 Å². The molecule has 24 heavy (non-hydrogen) atoms. The van der Waals surface area contributed by atoms with E-state index in [9.17, 15) is 22.8 Å². The van der Waals surface area contributed by atoms with Gasteiger partial charge in [0.05, 0.1) is 34.6 Å². The Hall–Kier alpha value is -1.81. The van der Waals surface area contributed by atoms with E-state index in [1.54, 1.807) is 22.6 Å². The molecule has 1 N–H and O–H groups in total. The monoisotopic (exact) mass is 469 g/mol. The summed E-state index contributed by atoms with van der Waals surface area (Å²) >= 11 is 7.68. The SMILES string of the molecule is COC(=O)c1cc(C=O)c(F)c(F)c1Nc1cc(Cl)c(I)cc1F. The van der Waals surface area contributed by atoms with Crippen molar-refractivity contribution in [2.24, 2.45) is 0 Å². The second kappa shape index (κ2) is 7.39. The smallest absolute Gasteiger partial charge is 0.340 e. The first-order chi connectivity index (χ1) is 11.3. The lowest BCUT2D eigenvalue weighted by atomic mass is 10.1. The Morgan fingerprint density at radius 1 is 1.25 bits per heavy atom. The number of nitrogens with one attached hydrogen (secondary N) is 1. The van der Waals surface area contributed by atoms with E-state index in [0.717, 1.165) is 25.3 Å². The number of ether oxygens (including phenoxy) is 1. The molecule has 4 nitrogen and oxygen atoms in total. The van der Waals surface area contributed by atoms with Crippen LogP contribution in [0.2, 0.25) is 5.02 Å². The molecule has 0 amide bonds. The number of esters is 1. The lowest BCUT2D eigenvalue weighted by Crippen LogP contribution is -2.11. The minimum absolute atomic E-state index is 0.0525. The molecule has 0 saturated heterocycles. The van der Waals surface area contributed by atoms with Crippen molar-refractivity contribution >= 4 is 57.8 Å². The Labute approximate surface area is 153 Å². The van der Waals surface area contributed by atoms with Crippen molar-refractivity contribution in [2.75, 3.05) is 12.4 Å². The largest absolute Gasteiger partial charge is 0.465 e. The van der Waals surface area contributed by atoms with E-state index in [4.69, 9.17) is 11.6 Å². The van der Waals surface area contributed by atoms with Gasteiger partial charge in [-0.2, -0.15) is 0 Å². The molecule has 0 spiro atoms. The molecule has 2 aromatic carbocycles. The van der Waals surface area contributed by atoms with E-state index in [0.29, 0.717) is 3.57 Å². The van der Waals surface area contributed by atoms with Gasteiger partial charge in [-0.15, -0.1) is 0 Å². The van der Waals surface area contributed by atoms with Gasteiger partial charge in [0.15, 0.2) is 17.9 Å². The van der Waals surface area contributed by atoms with Gasteiger partial charge in [-0.05, 0) is 40.8 Å². The maximum Gasteiger partial charge on any atom is 0.340 e. The van der Waals surface area contributed by atoms with Crippen molar-refractivity contribution in [3.63, 3.8) is 0 Å². The number of hydrogen-bond acceptors (Lipinski definition) is 4. The van der Waals surface area contributed by atoms with Crippen LogP contribution in [-0.4, -0.2) is 19.4 Å². The van der Waals surface area contributed by atoms with E-state index in [1.165, 1.54) is 0 Å². The van der Waals surface area contributed by atoms with Gasteiger partial charge in [-0.3, -0.25) is 4.79 Å². The number of rotatable bonds is 4. The van der Waals surface area contributed by atoms with Crippen LogP contribution < -0.4 is 5.32 Å². The van der Waals surface area contributed by atoms with Crippen molar-refractivity contribution in [1.82, 2.24) is 0 Å². The van der Waals surface area contributed by atoms with Crippen molar-refractivity contribution in [3.05, 3.63) is 55.4 Å². The molecule has 2 aromatic rings. The fourth-order valence-corrected chi connectivity index (χ4v) is 2.47. The Balaban J connectivity index is 2.65. The number of carbonyl (C=O) groups is 2. The highest BCUT2D eigenvalue weighted by Crippen LogP contribution is 2.32. The molecule has 0 aliphatic rings. The third-order valence-electron chi connectivity index (χ3n) is 3.04. The van der Waals surface area contributed by atoms with Crippen LogP contribution in [0, 0.1) is 21.0 Å². The maximum absolute atomic E-state index is 14.2. The second-order valence-electron chi connectivity index (χ2n) is 4.50. The van der Waals surface area contributed by atoms with Crippen LogP contribution in [0.25, 0.3) is 0 Å². The fraction of sp³-hybridized carbons (Fsp3) is 0.0667. The Morgan fingerprint density at radius 2 is 1.92 bits per heavy atom. The predicted octanol–water partition coefficient (Wildman–Crippen LogP) is 4.70. The molecular formula is C15H8ClF3INO3. The average molecular weight is 470 g/mol. The van der Waals surface area contributed by atoms with Crippen LogP contribution in [0.3, 0.4) is 0 Å². The summed E-state index contributed by atoms with van der Waals surface area (Å²) in [6.45, 7) is 0. The molecule has 9 heteroatoms. The predicted molar refractivity (Wildman–Crippen MR) is 90.5 cm³/mol. The first-order valence-electron chi connectivity index (χ1n) is 6.27. The van der Waals surface area contributed by atoms with Crippen molar-refractivity contribution in [3.8, 4) is 0 Å². The van der Waals surface area contributed by atoms with Gasteiger partial charge in [0.2, 0.25) is 0 Å². The summed E-state index contributed by atoms with van der Waals surface area (Å²) < 4.78 is 47.0. The third kappa shape index (κ3) is 3.48. The van der Waals surface area contributed by atoms with Crippen molar-refractivity contribution in [2.45, 2.75) is 0 Å². The lowest BCUT2D eigenvalue weighted by molar-refractivity contribution is 0.0601. The molecule has 0 aliphatic carbocycles. The summed E-state index contributed by atoms with van der Waals surface area (Å²) in [6.07, 6.45) is 0.0525. The quantitative estimate of drug-likeness (QED) is 0.305. The molecule has 126 valence electrons. The number of benzene rings is 2. The molecule has 0 unspecified atom stereocenters. The molecule has 0 radical (unpaired) electrons. The van der Waals surface area contributed by atoms with Gasteiger partial charge in [0.1, 0.15) is 5.82 Å². The molecule has 0 fully saturated rings. The van der Waals surface area contributed by atoms with Gasteiger partial charge in [-0.1, -0.05) is 11.6 Å². The Bertz CT molecular complexity index is 845. The van der Waals surface area contributed by atoms with Gasteiger partial charge in [-0.25, -0.2) is 18.0 Å². The second-order valence-corrected chi connectivity index (χ2v) is 6.07. The van der Waals surface area contributed by atoms with E-state index in [2.05, 4.69) is 10.1 Å². The van der Waals surface area contributed by atoms with Crippen LogP contribution in [0.1, 0.15) is 20.7 Å². The zero-order valence-corrected chi connectivity index (χ0v) is 14.8. The van der Waals surface area contributed by atoms with Crippen LogP contribution in [0.5, 0.6) is 0 Å². The first-order valence-corrected chi connectivity index (χ1v) is 7.72. The Morgan fingerprint density at radius 3 is 2.50 bits per heavy atom. The molecule has 0 heterocycles. The minimum Gasteiger partial charge on any atom is -0.465 e. The van der Waals surface area contributed by atoms with Gasteiger partial charge < -0.3 is 10.1 Å². The van der Waals surface area contributed by atoms with Crippen LogP contribution in [0.4, 0.5) is 24.5 Å². The van der Waals surface area contributed by atoms with Gasteiger partial charge >= 0.3 is 5.97 Å². The minimum atomic E-state index is -1.52. The molecule has 0 saturated carbocycles. The molecular weight excluding hydrogens is 462 g/mol. The highest BCUT2D eigenvalue weighted by molar-refractivity contribution is 14.1. The zero-order valence-electron chi connectivity index (χ0n) is 11.9. The van der Waals surface area contributed by atoms with Crippen molar-refractivity contribution < 1.29 is 27.5 Å². The molecule has 2 rings (SSSR count). The van der Waals surface area contributed by atoms with E-state index in [1.807, 2.05) is 0 Å². The molecule has 0 aromatic heterocycles. The maximum atomic E-state index is 14.2. The molecule has 0 aliphatic heterocycles. The summed E-state index contributed by atoms with van der Waals surface area (Å²) in [4.78, 5) is 22.6. The number of carbonyl (C=O) groups excluding carboxylic acids is 2. The van der Waals surface area contributed by atoms with Crippen molar-refractivity contribution in [1.29, 1.82) is 0 Å². The van der Waals surface area contributed by atoms with E-state index in [-0.39, 0.29) is 17.0 Å². The van der Waals surface area contributed by atoms with Crippen LogP contribution in [0.15, 0.2) is 18.2 Å². The summed E-state index contributed by atoms with van der Waals surface area (Å²) in [5, 5.41) is 2.46.